The van der Waals surface area contributed by atoms with Gasteiger partial charge < -0.3 is 10.7 Å². The third kappa shape index (κ3) is 2.80. The lowest BCUT2D eigenvalue weighted by atomic mass is 10.3. The van der Waals surface area contributed by atoms with Crippen LogP contribution < -0.4 is 16.6 Å². The van der Waals surface area contributed by atoms with Gasteiger partial charge >= 0.3 is 0 Å². The van der Waals surface area contributed by atoms with Crippen LogP contribution in [0.3, 0.4) is 0 Å². The van der Waals surface area contributed by atoms with E-state index in [1.165, 1.54) is 0 Å². The average Bonchev–Trinajstić information content (AvgIpc) is 2.39. The number of nitrogen functional groups attached to an aromatic ring is 1. The van der Waals surface area contributed by atoms with Crippen LogP contribution in [0.4, 0.5) is 11.5 Å². The van der Waals surface area contributed by atoms with Crippen LogP contribution in [-0.2, 0) is 0 Å². The highest BCUT2D eigenvalue weighted by atomic mass is 16.1. The number of nitrogens with one attached hydrogen (secondary N) is 2. The van der Waals surface area contributed by atoms with Gasteiger partial charge in [-0.2, -0.15) is 0 Å². The van der Waals surface area contributed by atoms with E-state index in [0.717, 1.165) is 5.56 Å². The second-order valence-corrected chi connectivity index (χ2v) is 3.76. The van der Waals surface area contributed by atoms with Crippen molar-refractivity contribution in [1.29, 1.82) is 0 Å². The lowest BCUT2D eigenvalue weighted by Gasteiger charge is -2.06. The Balaban J connectivity index is 2.16. The predicted molar refractivity (Wildman–Crippen MR) is 69.0 cm³/mol. The molecular formula is C12H13N5O. The van der Waals surface area contributed by atoms with Crippen LogP contribution in [0.5, 0.6) is 0 Å². The summed E-state index contributed by atoms with van der Waals surface area (Å²) in [6, 6.07) is 6.81. The first-order valence-electron chi connectivity index (χ1n) is 5.36. The standard InChI is InChI=1S/C12H13N5O/c1-8-5-9(7-14-6-8)15-12(18)10-3-2-4-11(16-10)17-13/h2-7H,13H2,1H3,(H,15,18)(H,16,17). The first-order chi connectivity index (χ1) is 8.69. The van der Waals surface area contributed by atoms with Crippen molar-refractivity contribution < 1.29 is 4.79 Å². The summed E-state index contributed by atoms with van der Waals surface area (Å²) in [5.41, 5.74) is 4.28. The Labute approximate surface area is 104 Å². The molecule has 0 saturated heterocycles. The summed E-state index contributed by atoms with van der Waals surface area (Å²) in [6.07, 6.45) is 3.29. The summed E-state index contributed by atoms with van der Waals surface area (Å²) in [4.78, 5) is 20.0. The van der Waals surface area contributed by atoms with Crippen LogP contribution in [0.25, 0.3) is 0 Å². The maximum absolute atomic E-state index is 11.9. The molecule has 0 unspecified atom stereocenters. The van der Waals surface area contributed by atoms with E-state index in [1.807, 2.05) is 13.0 Å². The number of carbonyl (C=O) groups is 1. The molecule has 4 N–H and O–H groups in total. The Kier molecular flexibility index (Phi) is 3.49. The van der Waals surface area contributed by atoms with E-state index in [2.05, 4.69) is 20.7 Å². The molecule has 0 radical (unpaired) electrons. The van der Waals surface area contributed by atoms with Crippen molar-refractivity contribution in [2.24, 2.45) is 5.84 Å². The van der Waals surface area contributed by atoms with E-state index in [4.69, 9.17) is 5.84 Å². The van der Waals surface area contributed by atoms with Crippen molar-refractivity contribution >= 4 is 17.4 Å². The second kappa shape index (κ2) is 5.24. The number of nitrogens with zero attached hydrogens (tertiary/aromatic N) is 2. The number of aromatic nitrogens is 2. The SMILES string of the molecule is Cc1cncc(NC(=O)c2cccc(NN)n2)c1. The first-order valence-corrected chi connectivity index (χ1v) is 5.36. The van der Waals surface area contributed by atoms with Gasteiger partial charge in [0.2, 0.25) is 0 Å². The molecule has 6 heteroatoms. The lowest BCUT2D eigenvalue weighted by molar-refractivity contribution is 0.102. The molecule has 0 fully saturated rings. The maximum atomic E-state index is 11.9. The monoisotopic (exact) mass is 243 g/mol. The highest BCUT2D eigenvalue weighted by Gasteiger charge is 2.08. The topological polar surface area (TPSA) is 92.9 Å². The van der Waals surface area contributed by atoms with Gasteiger partial charge in [0, 0.05) is 6.20 Å². The fourth-order valence-electron chi connectivity index (χ4n) is 1.46. The first kappa shape index (κ1) is 12.0. The Morgan fingerprint density at radius 3 is 2.89 bits per heavy atom. The summed E-state index contributed by atoms with van der Waals surface area (Å²) in [5.74, 6) is 5.37. The van der Waals surface area contributed by atoms with Crippen LogP contribution in [0.15, 0.2) is 36.7 Å². The van der Waals surface area contributed by atoms with E-state index in [9.17, 15) is 4.79 Å². The van der Waals surface area contributed by atoms with Crippen LogP contribution >= 0.6 is 0 Å². The van der Waals surface area contributed by atoms with Crippen molar-refractivity contribution in [2.45, 2.75) is 6.92 Å². The largest absolute Gasteiger partial charge is 0.319 e. The number of pyridine rings is 2. The molecule has 0 spiro atoms. The minimum atomic E-state index is -0.306. The Morgan fingerprint density at radius 2 is 2.17 bits per heavy atom. The molecule has 0 aromatic carbocycles. The zero-order chi connectivity index (χ0) is 13.0. The van der Waals surface area contributed by atoms with Gasteiger partial charge in [0.05, 0.1) is 11.9 Å². The molecule has 2 aromatic heterocycles. The third-order valence-electron chi connectivity index (χ3n) is 2.26. The number of aryl methyl sites for hydroxylation is 1. The summed E-state index contributed by atoms with van der Waals surface area (Å²) < 4.78 is 0. The number of amides is 1. The third-order valence-corrected chi connectivity index (χ3v) is 2.26. The van der Waals surface area contributed by atoms with Crippen molar-refractivity contribution in [2.75, 3.05) is 10.7 Å². The number of nitrogens with two attached hydrogens (primary N) is 1. The van der Waals surface area contributed by atoms with Crippen LogP contribution in [0.1, 0.15) is 16.1 Å². The Morgan fingerprint density at radius 1 is 1.33 bits per heavy atom. The predicted octanol–water partition coefficient (Wildman–Crippen LogP) is 1.32. The quantitative estimate of drug-likeness (QED) is 0.558. The molecule has 0 aliphatic carbocycles. The minimum Gasteiger partial charge on any atom is -0.319 e. The van der Waals surface area contributed by atoms with Gasteiger partial charge in [-0.25, -0.2) is 10.8 Å². The molecule has 0 aliphatic heterocycles. The summed E-state index contributed by atoms with van der Waals surface area (Å²) in [5, 5.41) is 2.72. The van der Waals surface area contributed by atoms with Gasteiger partial charge in [0.25, 0.3) is 5.91 Å². The number of hydrazine groups is 1. The summed E-state index contributed by atoms with van der Waals surface area (Å²) in [6.45, 7) is 1.90. The smallest absolute Gasteiger partial charge is 0.274 e. The van der Waals surface area contributed by atoms with Crippen molar-refractivity contribution in [3.05, 3.63) is 47.9 Å². The van der Waals surface area contributed by atoms with Crippen LogP contribution in [0, 0.1) is 6.92 Å². The number of hydrogen-bond donors (Lipinski definition) is 3. The van der Waals surface area contributed by atoms with E-state index >= 15 is 0 Å². The molecule has 18 heavy (non-hydrogen) atoms. The minimum absolute atomic E-state index is 0.284. The fraction of sp³-hybridized carbons (Fsp3) is 0.0833. The zero-order valence-corrected chi connectivity index (χ0v) is 9.84. The molecule has 1 amide bonds. The van der Waals surface area contributed by atoms with Crippen molar-refractivity contribution in [3.63, 3.8) is 0 Å². The van der Waals surface area contributed by atoms with E-state index < -0.39 is 0 Å². The molecule has 2 rings (SSSR count). The molecule has 0 atom stereocenters. The lowest BCUT2D eigenvalue weighted by Crippen LogP contribution is -2.16. The molecule has 2 heterocycles. The van der Waals surface area contributed by atoms with Gasteiger partial charge in [0.1, 0.15) is 11.5 Å². The van der Waals surface area contributed by atoms with Gasteiger partial charge in [0.15, 0.2) is 0 Å². The summed E-state index contributed by atoms with van der Waals surface area (Å²) >= 11 is 0. The molecular weight excluding hydrogens is 230 g/mol. The number of rotatable bonds is 3. The number of hydrogen-bond acceptors (Lipinski definition) is 5. The Hall–Kier alpha value is -2.47. The van der Waals surface area contributed by atoms with Crippen LogP contribution in [0.2, 0.25) is 0 Å². The highest BCUT2D eigenvalue weighted by Crippen LogP contribution is 2.10. The second-order valence-electron chi connectivity index (χ2n) is 3.76. The van der Waals surface area contributed by atoms with Crippen molar-refractivity contribution in [1.82, 2.24) is 9.97 Å². The molecule has 2 aromatic rings. The van der Waals surface area contributed by atoms with Gasteiger partial charge in [-0.15, -0.1) is 0 Å². The number of carbonyl (C=O) groups excluding carboxylic acids is 1. The molecule has 0 aliphatic rings. The van der Waals surface area contributed by atoms with E-state index in [1.54, 1.807) is 30.6 Å². The fourth-order valence-corrected chi connectivity index (χ4v) is 1.46. The van der Waals surface area contributed by atoms with Crippen molar-refractivity contribution in [3.8, 4) is 0 Å². The van der Waals surface area contributed by atoms with Gasteiger partial charge in [-0.05, 0) is 30.7 Å². The number of anilines is 2. The highest BCUT2D eigenvalue weighted by molar-refractivity contribution is 6.03. The zero-order valence-electron chi connectivity index (χ0n) is 9.84. The summed E-state index contributed by atoms with van der Waals surface area (Å²) in [7, 11) is 0. The molecule has 0 saturated carbocycles. The molecule has 0 bridgehead atoms. The van der Waals surface area contributed by atoms with E-state index in [-0.39, 0.29) is 11.6 Å². The van der Waals surface area contributed by atoms with Gasteiger partial charge in [-0.1, -0.05) is 6.07 Å². The Bertz CT molecular complexity index is 570. The van der Waals surface area contributed by atoms with Crippen LogP contribution in [-0.4, -0.2) is 15.9 Å². The average molecular weight is 243 g/mol. The maximum Gasteiger partial charge on any atom is 0.274 e. The molecule has 92 valence electrons. The van der Waals surface area contributed by atoms with E-state index in [0.29, 0.717) is 11.5 Å². The van der Waals surface area contributed by atoms with Gasteiger partial charge in [-0.3, -0.25) is 9.78 Å². The molecule has 6 nitrogen and oxygen atoms in total. The normalized spacial score (nSPS) is 9.89.